The number of amides is 2. The number of hydrogen-bond acceptors (Lipinski definition) is 5. The second kappa shape index (κ2) is 11.9. The van der Waals surface area contributed by atoms with Crippen LogP contribution in [0.4, 0.5) is 0 Å². The van der Waals surface area contributed by atoms with E-state index in [0.29, 0.717) is 24.8 Å². The van der Waals surface area contributed by atoms with Gasteiger partial charge in [-0.1, -0.05) is 39.5 Å². The molecule has 1 heterocycles. The molecule has 26 heavy (non-hydrogen) atoms. The van der Waals surface area contributed by atoms with E-state index in [2.05, 4.69) is 53.1 Å². The standard InChI is InChI=1S/C18H33N5O2S/c1-13(2)8-9-16(24)20-11-17(25)19-10-6-7-15-21-22-18(26-5)23(15)12-14(3)4/h13-14H,6-12H2,1-5H3,(H,19,25)(H,20,24). The summed E-state index contributed by atoms with van der Waals surface area (Å²) in [5.41, 5.74) is 0. The third kappa shape index (κ3) is 8.69. The van der Waals surface area contributed by atoms with E-state index < -0.39 is 0 Å². The van der Waals surface area contributed by atoms with Crippen LogP contribution in [0.25, 0.3) is 0 Å². The van der Waals surface area contributed by atoms with Crippen molar-refractivity contribution in [2.75, 3.05) is 19.3 Å². The Bertz CT molecular complexity index is 572. The van der Waals surface area contributed by atoms with Gasteiger partial charge in [0.05, 0.1) is 6.54 Å². The molecule has 0 atom stereocenters. The first kappa shape index (κ1) is 22.5. The van der Waals surface area contributed by atoms with Crippen molar-refractivity contribution >= 4 is 23.6 Å². The normalized spacial score (nSPS) is 11.2. The van der Waals surface area contributed by atoms with E-state index in [0.717, 1.165) is 36.8 Å². The Morgan fingerprint density at radius 1 is 1.08 bits per heavy atom. The molecule has 0 bridgehead atoms. The fourth-order valence-corrected chi connectivity index (χ4v) is 2.95. The third-order valence-corrected chi connectivity index (χ3v) is 4.49. The van der Waals surface area contributed by atoms with Gasteiger partial charge in [0.2, 0.25) is 11.8 Å². The van der Waals surface area contributed by atoms with Crippen molar-refractivity contribution in [2.24, 2.45) is 11.8 Å². The Hall–Kier alpha value is -1.57. The van der Waals surface area contributed by atoms with Crippen LogP contribution in [-0.4, -0.2) is 45.9 Å². The van der Waals surface area contributed by atoms with E-state index in [9.17, 15) is 9.59 Å². The van der Waals surface area contributed by atoms with Gasteiger partial charge >= 0.3 is 0 Å². The molecule has 0 spiro atoms. The molecule has 1 aromatic rings. The van der Waals surface area contributed by atoms with Crippen LogP contribution in [0.3, 0.4) is 0 Å². The molecule has 7 nitrogen and oxygen atoms in total. The summed E-state index contributed by atoms with van der Waals surface area (Å²) in [5, 5.41) is 14.9. The molecule has 8 heteroatoms. The molecule has 2 N–H and O–H groups in total. The van der Waals surface area contributed by atoms with Crippen LogP contribution in [0, 0.1) is 11.8 Å². The predicted molar refractivity (Wildman–Crippen MR) is 105 cm³/mol. The van der Waals surface area contributed by atoms with Crippen molar-refractivity contribution in [3.05, 3.63) is 5.82 Å². The first-order valence-corrected chi connectivity index (χ1v) is 10.5. The highest BCUT2D eigenvalue weighted by atomic mass is 32.2. The molecule has 0 aliphatic rings. The predicted octanol–water partition coefficient (Wildman–Crippen LogP) is 2.26. The summed E-state index contributed by atoms with van der Waals surface area (Å²) in [5.74, 6) is 1.74. The maximum Gasteiger partial charge on any atom is 0.239 e. The quantitative estimate of drug-likeness (QED) is 0.427. The van der Waals surface area contributed by atoms with Gasteiger partial charge in [0.15, 0.2) is 5.16 Å². The highest BCUT2D eigenvalue weighted by Crippen LogP contribution is 2.16. The van der Waals surface area contributed by atoms with Crippen molar-refractivity contribution in [3.63, 3.8) is 0 Å². The van der Waals surface area contributed by atoms with Crippen LogP contribution in [0.2, 0.25) is 0 Å². The molecule has 1 rings (SSSR count). The van der Waals surface area contributed by atoms with Crippen LogP contribution < -0.4 is 10.6 Å². The molecule has 2 amide bonds. The van der Waals surface area contributed by atoms with Gasteiger partial charge in [-0.3, -0.25) is 9.59 Å². The van der Waals surface area contributed by atoms with E-state index in [1.54, 1.807) is 11.8 Å². The average Bonchev–Trinajstić information content (AvgIpc) is 2.96. The van der Waals surface area contributed by atoms with Crippen molar-refractivity contribution in [2.45, 2.75) is 65.1 Å². The molecule has 0 aliphatic carbocycles. The van der Waals surface area contributed by atoms with Gasteiger partial charge in [-0.25, -0.2) is 0 Å². The zero-order valence-corrected chi connectivity index (χ0v) is 17.5. The number of nitrogens with zero attached hydrogens (tertiary/aromatic N) is 3. The van der Waals surface area contributed by atoms with Crippen molar-refractivity contribution < 1.29 is 9.59 Å². The van der Waals surface area contributed by atoms with E-state index in [1.807, 2.05) is 6.26 Å². The number of thioether (sulfide) groups is 1. The monoisotopic (exact) mass is 383 g/mol. The lowest BCUT2D eigenvalue weighted by molar-refractivity contribution is -0.126. The molecule has 0 saturated heterocycles. The summed E-state index contributed by atoms with van der Waals surface area (Å²) in [6.45, 7) is 9.98. The second-order valence-corrected chi connectivity index (χ2v) is 8.04. The second-order valence-electron chi connectivity index (χ2n) is 7.27. The maximum atomic E-state index is 11.8. The van der Waals surface area contributed by atoms with Gasteiger partial charge in [0.25, 0.3) is 0 Å². The summed E-state index contributed by atoms with van der Waals surface area (Å²) < 4.78 is 2.16. The number of carbonyl (C=O) groups excluding carboxylic acids is 2. The Morgan fingerprint density at radius 2 is 1.81 bits per heavy atom. The van der Waals surface area contributed by atoms with E-state index >= 15 is 0 Å². The number of nitrogens with one attached hydrogen (secondary N) is 2. The zero-order valence-electron chi connectivity index (χ0n) is 16.7. The SMILES string of the molecule is CSc1nnc(CCCNC(=O)CNC(=O)CCC(C)C)n1CC(C)C. The van der Waals surface area contributed by atoms with Gasteiger partial charge < -0.3 is 15.2 Å². The third-order valence-electron chi connectivity index (χ3n) is 3.82. The fraction of sp³-hybridized carbons (Fsp3) is 0.778. The summed E-state index contributed by atoms with van der Waals surface area (Å²) in [4.78, 5) is 23.4. The van der Waals surface area contributed by atoms with Crippen LogP contribution >= 0.6 is 11.8 Å². The maximum absolute atomic E-state index is 11.8. The largest absolute Gasteiger partial charge is 0.355 e. The average molecular weight is 384 g/mol. The highest BCUT2D eigenvalue weighted by Gasteiger charge is 2.12. The molecular formula is C18H33N5O2S. The highest BCUT2D eigenvalue weighted by molar-refractivity contribution is 7.98. The number of carbonyl (C=O) groups is 2. The van der Waals surface area contributed by atoms with Gasteiger partial charge in [0, 0.05) is 25.9 Å². The number of rotatable bonds is 12. The molecule has 148 valence electrons. The van der Waals surface area contributed by atoms with E-state index in [-0.39, 0.29) is 18.4 Å². The number of hydrogen-bond donors (Lipinski definition) is 2. The number of aryl methyl sites for hydroxylation is 1. The molecule has 0 fully saturated rings. The number of aromatic nitrogens is 3. The summed E-state index contributed by atoms with van der Waals surface area (Å²) in [6.07, 6.45) is 4.86. The van der Waals surface area contributed by atoms with Crippen LogP contribution in [0.1, 0.15) is 52.8 Å². The van der Waals surface area contributed by atoms with Gasteiger partial charge in [0.1, 0.15) is 5.82 Å². The minimum Gasteiger partial charge on any atom is -0.355 e. The van der Waals surface area contributed by atoms with Crippen LogP contribution in [0.5, 0.6) is 0 Å². The molecular weight excluding hydrogens is 350 g/mol. The van der Waals surface area contributed by atoms with Crippen LogP contribution in [0.15, 0.2) is 5.16 Å². The van der Waals surface area contributed by atoms with Gasteiger partial charge in [-0.05, 0) is 30.9 Å². The van der Waals surface area contributed by atoms with Crippen molar-refractivity contribution in [3.8, 4) is 0 Å². The Kier molecular flexibility index (Phi) is 10.3. The summed E-state index contributed by atoms with van der Waals surface area (Å²) >= 11 is 1.60. The van der Waals surface area contributed by atoms with E-state index in [1.165, 1.54) is 0 Å². The summed E-state index contributed by atoms with van der Waals surface area (Å²) in [7, 11) is 0. The minimum absolute atomic E-state index is 0.0388. The molecule has 0 radical (unpaired) electrons. The molecule has 1 aromatic heterocycles. The first-order valence-electron chi connectivity index (χ1n) is 9.32. The zero-order chi connectivity index (χ0) is 19.5. The van der Waals surface area contributed by atoms with Crippen LogP contribution in [-0.2, 0) is 22.6 Å². The van der Waals surface area contributed by atoms with Crippen molar-refractivity contribution in [1.29, 1.82) is 0 Å². The molecule has 0 saturated carbocycles. The molecule has 0 aliphatic heterocycles. The lowest BCUT2D eigenvalue weighted by Crippen LogP contribution is -2.37. The summed E-state index contributed by atoms with van der Waals surface area (Å²) in [6, 6.07) is 0. The lowest BCUT2D eigenvalue weighted by Gasteiger charge is -2.12. The van der Waals surface area contributed by atoms with Gasteiger partial charge in [-0.15, -0.1) is 10.2 Å². The minimum atomic E-state index is -0.156. The molecule has 0 aromatic carbocycles. The van der Waals surface area contributed by atoms with Crippen molar-refractivity contribution in [1.82, 2.24) is 25.4 Å². The molecule has 0 unspecified atom stereocenters. The topological polar surface area (TPSA) is 88.9 Å². The first-order chi connectivity index (χ1) is 12.3. The smallest absolute Gasteiger partial charge is 0.239 e. The Morgan fingerprint density at radius 3 is 2.42 bits per heavy atom. The Balaban J connectivity index is 2.29. The Labute approximate surface area is 161 Å². The fourth-order valence-electron chi connectivity index (χ4n) is 2.43. The van der Waals surface area contributed by atoms with E-state index in [4.69, 9.17) is 0 Å². The van der Waals surface area contributed by atoms with Gasteiger partial charge in [-0.2, -0.15) is 0 Å². The lowest BCUT2D eigenvalue weighted by atomic mass is 10.1.